The zero-order valence-electron chi connectivity index (χ0n) is 16.2. The highest BCUT2D eigenvalue weighted by atomic mass is 16.2. The third-order valence-corrected chi connectivity index (χ3v) is 4.88. The average molecular weight is 377 g/mol. The minimum Gasteiger partial charge on any atom is -0.349 e. The van der Waals surface area contributed by atoms with Gasteiger partial charge < -0.3 is 10.6 Å². The van der Waals surface area contributed by atoms with Gasteiger partial charge in [-0.2, -0.15) is 5.10 Å². The van der Waals surface area contributed by atoms with Crippen LogP contribution in [-0.2, 0) is 4.79 Å². The quantitative estimate of drug-likeness (QED) is 0.634. The van der Waals surface area contributed by atoms with Gasteiger partial charge in [0.05, 0.1) is 11.1 Å². The molecule has 144 valence electrons. The number of nitrogens with one attached hydrogen (secondary N) is 3. The minimum absolute atomic E-state index is 0.0509. The van der Waals surface area contributed by atoms with Crippen molar-refractivity contribution in [1.29, 1.82) is 0 Å². The number of aromatic nitrogens is 3. The van der Waals surface area contributed by atoms with Gasteiger partial charge in [-0.1, -0.05) is 19.9 Å². The van der Waals surface area contributed by atoms with Gasteiger partial charge in [0, 0.05) is 23.1 Å². The topological polar surface area (TPSA) is 99.8 Å². The molecule has 1 fully saturated rings. The first-order valence-corrected chi connectivity index (χ1v) is 9.50. The third-order valence-electron chi connectivity index (χ3n) is 4.88. The Labute approximate surface area is 162 Å². The molecule has 1 saturated carbocycles. The Hall–Kier alpha value is -3.22. The number of aromatic amines is 1. The third kappa shape index (κ3) is 3.60. The molecular weight excluding hydrogens is 354 g/mol. The van der Waals surface area contributed by atoms with Gasteiger partial charge in [0.2, 0.25) is 5.91 Å². The SMILES string of the molecule is Cc1ccc(C(=O)NC2CC2)cc1-c1ccc2c(NC(=O)C(C)C)n[nH]c2n1. The molecule has 0 saturated heterocycles. The molecule has 0 spiro atoms. The monoisotopic (exact) mass is 377 g/mol. The predicted octanol–water partition coefficient (Wildman–Crippen LogP) is 3.42. The van der Waals surface area contributed by atoms with Crippen molar-refractivity contribution in [2.45, 2.75) is 39.7 Å². The molecule has 1 aliphatic carbocycles. The summed E-state index contributed by atoms with van der Waals surface area (Å²) < 4.78 is 0. The number of aryl methyl sites for hydroxylation is 1. The Morgan fingerprint density at radius 1 is 1.18 bits per heavy atom. The van der Waals surface area contributed by atoms with Gasteiger partial charge in [0.1, 0.15) is 0 Å². The van der Waals surface area contributed by atoms with Gasteiger partial charge in [0.15, 0.2) is 11.5 Å². The van der Waals surface area contributed by atoms with Crippen LogP contribution in [0.2, 0.25) is 0 Å². The molecule has 2 heterocycles. The fourth-order valence-corrected chi connectivity index (χ4v) is 2.95. The second-order valence-corrected chi connectivity index (χ2v) is 7.59. The Kier molecular flexibility index (Phi) is 4.58. The number of carbonyl (C=O) groups is 2. The number of hydrogen-bond donors (Lipinski definition) is 3. The van der Waals surface area contributed by atoms with E-state index >= 15 is 0 Å². The van der Waals surface area contributed by atoms with Crippen LogP contribution >= 0.6 is 0 Å². The fraction of sp³-hybridized carbons (Fsp3) is 0.333. The smallest absolute Gasteiger partial charge is 0.251 e. The van der Waals surface area contributed by atoms with E-state index in [4.69, 9.17) is 0 Å². The second kappa shape index (κ2) is 7.07. The number of fused-ring (bicyclic) bond motifs is 1. The van der Waals surface area contributed by atoms with Crippen LogP contribution in [0.4, 0.5) is 5.82 Å². The molecule has 4 rings (SSSR count). The zero-order valence-corrected chi connectivity index (χ0v) is 16.2. The zero-order chi connectivity index (χ0) is 19.8. The summed E-state index contributed by atoms with van der Waals surface area (Å²) in [4.78, 5) is 29.0. The summed E-state index contributed by atoms with van der Waals surface area (Å²) in [7, 11) is 0. The number of hydrogen-bond acceptors (Lipinski definition) is 4. The highest BCUT2D eigenvalue weighted by Crippen LogP contribution is 2.28. The van der Waals surface area contributed by atoms with Crippen molar-refractivity contribution in [3.63, 3.8) is 0 Å². The highest BCUT2D eigenvalue weighted by molar-refractivity contribution is 6.00. The molecule has 3 aromatic rings. The van der Waals surface area contributed by atoms with Gasteiger partial charge >= 0.3 is 0 Å². The van der Waals surface area contributed by atoms with E-state index in [9.17, 15) is 9.59 Å². The number of pyridine rings is 1. The first kappa shape index (κ1) is 18.2. The first-order chi connectivity index (χ1) is 13.4. The standard InChI is InChI=1S/C21H23N5O2/c1-11(2)20(27)24-19-15-8-9-17(23-18(15)25-26-19)16-10-13(5-4-12(16)3)21(28)22-14-6-7-14/h4-5,8-11,14H,6-7H2,1-3H3,(H,22,28)(H2,23,24,25,26,27). The molecule has 0 bridgehead atoms. The van der Waals surface area contributed by atoms with Crippen LogP contribution in [0.15, 0.2) is 30.3 Å². The lowest BCUT2D eigenvalue weighted by atomic mass is 10.0. The number of amides is 2. The van der Waals surface area contributed by atoms with Crippen LogP contribution in [0.5, 0.6) is 0 Å². The molecule has 2 amide bonds. The second-order valence-electron chi connectivity index (χ2n) is 7.59. The number of anilines is 1. The Balaban J connectivity index is 1.65. The summed E-state index contributed by atoms with van der Waals surface area (Å²) in [5.74, 6) is 0.195. The van der Waals surface area contributed by atoms with Crippen LogP contribution in [0.3, 0.4) is 0 Å². The molecule has 0 aliphatic heterocycles. The molecule has 7 heteroatoms. The van der Waals surface area contributed by atoms with E-state index in [2.05, 4.69) is 25.8 Å². The summed E-state index contributed by atoms with van der Waals surface area (Å²) in [5.41, 5.74) is 3.89. The van der Waals surface area contributed by atoms with Crippen molar-refractivity contribution < 1.29 is 9.59 Å². The van der Waals surface area contributed by atoms with Crippen LogP contribution < -0.4 is 10.6 Å². The predicted molar refractivity (Wildman–Crippen MR) is 108 cm³/mol. The molecule has 7 nitrogen and oxygen atoms in total. The maximum absolute atomic E-state index is 12.4. The lowest BCUT2D eigenvalue weighted by molar-refractivity contribution is -0.118. The van der Waals surface area contributed by atoms with E-state index in [0.29, 0.717) is 23.1 Å². The van der Waals surface area contributed by atoms with Crippen LogP contribution in [-0.4, -0.2) is 33.0 Å². The first-order valence-electron chi connectivity index (χ1n) is 9.50. The maximum Gasteiger partial charge on any atom is 0.251 e. The van der Waals surface area contributed by atoms with Gasteiger partial charge in [0.25, 0.3) is 5.91 Å². The van der Waals surface area contributed by atoms with E-state index in [1.165, 1.54) is 0 Å². The van der Waals surface area contributed by atoms with Crippen molar-refractivity contribution in [2.75, 3.05) is 5.32 Å². The van der Waals surface area contributed by atoms with Crippen molar-refractivity contribution in [3.8, 4) is 11.3 Å². The molecule has 0 unspecified atom stereocenters. The summed E-state index contributed by atoms with van der Waals surface area (Å²) >= 11 is 0. The van der Waals surface area contributed by atoms with Crippen LogP contribution in [0.25, 0.3) is 22.3 Å². The van der Waals surface area contributed by atoms with Gasteiger partial charge in [-0.15, -0.1) is 0 Å². The molecule has 0 atom stereocenters. The number of nitrogens with zero attached hydrogens (tertiary/aromatic N) is 2. The van der Waals surface area contributed by atoms with E-state index in [1.807, 2.05) is 51.1 Å². The lowest BCUT2D eigenvalue weighted by Gasteiger charge is -2.09. The van der Waals surface area contributed by atoms with Crippen molar-refractivity contribution in [1.82, 2.24) is 20.5 Å². The summed E-state index contributed by atoms with van der Waals surface area (Å²) in [6.07, 6.45) is 2.11. The van der Waals surface area contributed by atoms with Gasteiger partial charge in [-0.25, -0.2) is 4.98 Å². The maximum atomic E-state index is 12.4. The molecular formula is C21H23N5O2. The molecule has 2 aromatic heterocycles. The van der Waals surface area contributed by atoms with Crippen molar-refractivity contribution in [2.24, 2.45) is 5.92 Å². The Morgan fingerprint density at radius 2 is 1.96 bits per heavy atom. The average Bonchev–Trinajstić information content (AvgIpc) is 3.40. The lowest BCUT2D eigenvalue weighted by Crippen LogP contribution is -2.25. The van der Waals surface area contributed by atoms with Crippen molar-refractivity contribution >= 4 is 28.7 Å². The van der Waals surface area contributed by atoms with E-state index in [0.717, 1.165) is 35.0 Å². The van der Waals surface area contributed by atoms with Crippen LogP contribution in [0.1, 0.15) is 42.6 Å². The molecule has 0 radical (unpaired) electrons. The summed E-state index contributed by atoms with van der Waals surface area (Å²) in [6.45, 7) is 5.65. The van der Waals surface area contributed by atoms with Gasteiger partial charge in [-0.3, -0.25) is 14.7 Å². The number of benzene rings is 1. The summed E-state index contributed by atoms with van der Waals surface area (Å²) in [5, 5.41) is 13.6. The van der Waals surface area contributed by atoms with E-state index in [1.54, 1.807) is 0 Å². The van der Waals surface area contributed by atoms with Gasteiger partial charge in [-0.05, 0) is 49.6 Å². The fourth-order valence-electron chi connectivity index (χ4n) is 2.95. The molecule has 1 aliphatic rings. The molecule has 28 heavy (non-hydrogen) atoms. The van der Waals surface area contributed by atoms with Crippen molar-refractivity contribution in [3.05, 3.63) is 41.5 Å². The van der Waals surface area contributed by atoms with Crippen LogP contribution in [0, 0.1) is 12.8 Å². The summed E-state index contributed by atoms with van der Waals surface area (Å²) in [6, 6.07) is 9.73. The minimum atomic E-state index is -0.133. The highest BCUT2D eigenvalue weighted by Gasteiger charge is 2.24. The van der Waals surface area contributed by atoms with E-state index < -0.39 is 0 Å². The Bertz CT molecular complexity index is 1070. The molecule has 3 N–H and O–H groups in total. The molecule has 1 aromatic carbocycles. The number of H-pyrrole nitrogens is 1. The Morgan fingerprint density at radius 3 is 2.68 bits per heavy atom. The van der Waals surface area contributed by atoms with E-state index in [-0.39, 0.29) is 17.7 Å². The largest absolute Gasteiger partial charge is 0.349 e. The normalized spacial score (nSPS) is 13.7. The number of carbonyl (C=O) groups excluding carboxylic acids is 2. The number of rotatable bonds is 5.